The fourth-order valence-corrected chi connectivity index (χ4v) is 4.64. The van der Waals surface area contributed by atoms with Crippen molar-refractivity contribution in [2.75, 3.05) is 14.1 Å². The SMILES string of the molecule is C=CC[C@@H](C(=S)N(C)C)[S@@](=O)C1CCCCC1. The van der Waals surface area contributed by atoms with Crippen LogP contribution in [-0.2, 0) is 10.8 Å². The van der Waals surface area contributed by atoms with Crippen molar-refractivity contribution in [2.24, 2.45) is 0 Å². The van der Waals surface area contributed by atoms with E-state index in [0.29, 0.717) is 5.25 Å². The van der Waals surface area contributed by atoms with Crippen molar-refractivity contribution in [2.45, 2.75) is 49.0 Å². The third kappa shape index (κ3) is 4.18. The van der Waals surface area contributed by atoms with Gasteiger partial charge in [-0.05, 0) is 19.3 Å². The lowest BCUT2D eigenvalue weighted by molar-refractivity contribution is 0.502. The van der Waals surface area contributed by atoms with Crippen LogP contribution in [0.15, 0.2) is 12.7 Å². The predicted octanol–water partition coefficient (Wildman–Crippen LogP) is 2.90. The second kappa shape index (κ2) is 7.27. The highest BCUT2D eigenvalue weighted by Crippen LogP contribution is 2.25. The van der Waals surface area contributed by atoms with Gasteiger partial charge in [0.1, 0.15) is 0 Å². The van der Waals surface area contributed by atoms with Crippen LogP contribution in [0.3, 0.4) is 0 Å². The van der Waals surface area contributed by atoms with Crippen LogP contribution in [0.1, 0.15) is 38.5 Å². The van der Waals surface area contributed by atoms with Crippen molar-refractivity contribution in [1.82, 2.24) is 4.90 Å². The Bertz CT molecular complexity index is 296. The summed E-state index contributed by atoms with van der Waals surface area (Å²) in [5, 5.41) is 0.312. The average molecular weight is 273 g/mol. The van der Waals surface area contributed by atoms with Crippen LogP contribution in [0.25, 0.3) is 0 Å². The van der Waals surface area contributed by atoms with Crippen molar-refractivity contribution in [3.05, 3.63) is 12.7 Å². The summed E-state index contributed by atoms with van der Waals surface area (Å²) in [4.78, 5) is 2.71. The molecule has 2 nitrogen and oxygen atoms in total. The van der Waals surface area contributed by atoms with Gasteiger partial charge in [0.05, 0.1) is 10.2 Å². The summed E-state index contributed by atoms with van der Waals surface area (Å²) in [5.41, 5.74) is 0. The van der Waals surface area contributed by atoms with Crippen LogP contribution >= 0.6 is 12.2 Å². The van der Waals surface area contributed by atoms with Crippen LogP contribution in [0.5, 0.6) is 0 Å². The van der Waals surface area contributed by atoms with E-state index in [1.54, 1.807) is 0 Å². The minimum Gasteiger partial charge on any atom is -0.371 e. The molecular formula is C13H23NOS2. The van der Waals surface area contributed by atoms with Crippen molar-refractivity contribution in [3.63, 3.8) is 0 Å². The van der Waals surface area contributed by atoms with Crippen LogP contribution in [0, 0.1) is 0 Å². The number of rotatable bonds is 5. The number of allylic oxidation sites excluding steroid dienone is 1. The molecule has 98 valence electrons. The first kappa shape index (κ1) is 14.8. The minimum absolute atomic E-state index is 0.0272. The van der Waals surface area contributed by atoms with Crippen molar-refractivity contribution in [3.8, 4) is 0 Å². The first-order valence-electron chi connectivity index (χ1n) is 6.29. The Hall–Kier alpha value is -0.220. The second-order valence-corrected chi connectivity index (χ2v) is 7.15. The van der Waals surface area contributed by atoms with Crippen LogP contribution in [0.4, 0.5) is 0 Å². The van der Waals surface area contributed by atoms with Gasteiger partial charge in [-0.2, -0.15) is 0 Å². The molecule has 0 aromatic carbocycles. The highest BCUT2D eigenvalue weighted by Gasteiger charge is 2.29. The molecule has 0 saturated heterocycles. The van der Waals surface area contributed by atoms with Gasteiger partial charge >= 0.3 is 0 Å². The van der Waals surface area contributed by atoms with E-state index in [1.165, 1.54) is 19.3 Å². The quantitative estimate of drug-likeness (QED) is 0.567. The molecule has 0 spiro atoms. The van der Waals surface area contributed by atoms with Gasteiger partial charge in [0, 0.05) is 30.1 Å². The Balaban J connectivity index is 2.71. The molecule has 1 rings (SSSR count). The molecule has 0 aromatic heterocycles. The van der Waals surface area contributed by atoms with Crippen LogP contribution in [0.2, 0.25) is 0 Å². The lowest BCUT2D eigenvalue weighted by Crippen LogP contribution is -2.39. The smallest absolute Gasteiger partial charge is 0.0935 e. The third-order valence-corrected chi connectivity index (χ3v) is 6.16. The molecule has 17 heavy (non-hydrogen) atoms. The Labute approximate surface area is 113 Å². The van der Waals surface area contributed by atoms with E-state index in [9.17, 15) is 4.21 Å². The van der Waals surface area contributed by atoms with E-state index in [2.05, 4.69) is 6.58 Å². The first-order chi connectivity index (χ1) is 8.07. The fourth-order valence-electron chi connectivity index (χ4n) is 2.26. The van der Waals surface area contributed by atoms with Gasteiger partial charge in [-0.1, -0.05) is 37.6 Å². The summed E-state index contributed by atoms with van der Waals surface area (Å²) in [5.74, 6) is 0. The molecule has 0 aliphatic heterocycles. The third-order valence-electron chi connectivity index (χ3n) is 3.26. The van der Waals surface area contributed by atoms with Gasteiger partial charge in [-0.3, -0.25) is 4.21 Å². The number of nitrogens with zero attached hydrogens (tertiary/aromatic N) is 1. The molecule has 0 unspecified atom stereocenters. The lowest BCUT2D eigenvalue weighted by Gasteiger charge is -2.28. The lowest BCUT2D eigenvalue weighted by atomic mass is 10.0. The summed E-state index contributed by atoms with van der Waals surface area (Å²) in [7, 11) is 3.01. The van der Waals surface area contributed by atoms with Gasteiger partial charge < -0.3 is 4.90 Å². The van der Waals surface area contributed by atoms with E-state index in [0.717, 1.165) is 24.3 Å². The van der Waals surface area contributed by atoms with Crippen molar-refractivity contribution < 1.29 is 4.21 Å². The van der Waals surface area contributed by atoms with Crippen molar-refractivity contribution >= 4 is 28.0 Å². The fraction of sp³-hybridized carbons (Fsp3) is 0.769. The maximum atomic E-state index is 12.6. The monoisotopic (exact) mass is 273 g/mol. The molecule has 1 aliphatic carbocycles. The molecule has 0 N–H and O–H groups in total. The topological polar surface area (TPSA) is 20.3 Å². The highest BCUT2D eigenvalue weighted by atomic mass is 32.2. The number of hydrogen-bond acceptors (Lipinski definition) is 2. The second-order valence-electron chi connectivity index (χ2n) is 4.83. The maximum absolute atomic E-state index is 12.6. The Morgan fingerprint density at radius 2 is 2.06 bits per heavy atom. The maximum Gasteiger partial charge on any atom is 0.0935 e. The Morgan fingerprint density at radius 3 is 2.53 bits per heavy atom. The molecule has 0 radical (unpaired) electrons. The normalized spacial score (nSPS) is 20.6. The number of hydrogen-bond donors (Lipinski definition) is 0. The van der Waals surface area contributed by atoms with Crippen LogP contribution in [-0.4, -0.2) is 38.7 Å². The molecule has 0 heterocycles. The van der Waals surface area contributed by atoms with Gasteiger partial charge in [-0.15, -0.1) is 6.58 Å². The van der Waals surface area contributed by atoms with E-state index in [-0.39, 0.29) is 5.25 Å². The van der Waals surface area contributed by atoms with Gasteiger partial charge in [0.15, 0.2) is 0 Å². The summed E-state index contributed by atoms with van der Waals surface area (Å²) in [6.07, 6.45) is 8.46. The zero-order valence-corrected chi connectivity index (χ0v) is 12.5. The number of thiocarbonyl (C=S) groups is 1. The standard InChI is InChI=1S/C13H23NOS2/c1-4-8-12(13(16)14(2)3)17(15)11-9-6-5-7-10-11/h4,11-12H,1,5-10H2,2-3H3/t12-,17-/m0/s1. The zero-order valence-electron chi connectivity index (χ0n) is 10.9. The van der Waals surface area contributed by atoms with Gasteiger partial charge in [-0.25, -0.2) is 0 Å². The predicted molar refractivity (Wildman–Crippen MR) is 79.9 cm³/mol. The largest absolute Gasteiger partial charge is 0.371 e. The Kier molecular flexibility index (Phi) is 6.34. The molecule has 4 heteroatoms. The molecule has 0 bridgehead atoms. The van der Waals surface area contributed by atoms with E-state index < -0.39 is 10.8 Å². The Morgan fingerprint density at radius 1 is 1.47 bits per heavy atom. The van der Waals surface area contributed by atoms with Crippen molar-refractivity contribution in [1.29, 1.82) is 0 Å². The average Bonchev–Trinajstić information content (AvgIpc) is 2.35. The zero-order chi connectivity index (χ0) is 12.8. The molecule has 0 amide bonds. The van der Waals surface area contributed by atoms with E-state index in [4.69, 9.17) is 12.2 Å². The summed E-state index contributed by atoms with van der Waals surface area (Å²) in [6.45, 7) is 3.76. The van der Waals surface area contributed by atoms with Gasteiger partial charge in [0.2, 0.25) is 0 Å². The molecule has 1 aliphatic rings. The molecule has 1 saturated carbocycles. The summed E-state index contributed by atoms with van der Waals surface area (Å²) >= 11 is 5.40. The molecule has 1 fully saturated rings. The highest BCUT2D eigenvalue weighted by molar-refractivity contribution is 7.90. The van der Waals surface area contributed by atoms with E-state index >= 15 is 0 Å². The molecule has 0 aromatic rings. The van der Waals surface area contributed by atoms with Gasteiger partial charge in [0.25, 0.3) is 0 Å². The molecule has 2 atom stereocenters. The summed E-state index contributed by atoms with van der Waals surface area (Å²) < 4.78 is 12.6. The molecular weight excluding hydrogens is 250 g/mol. The first-order valence-corrected chi connectivity index (χ1v) is 7.97. The van der Waals surface area contributed by atoms with E-state index in [1.807, 2.05) is 25.1 Å². The minimum atomic E-state index is -0.849. The summed E-state index contributed by atoms with van der Waals surface area (Å²) in [6, 6.07) is 0. The van der Waals surface area contributed by atoms with Crippen LogP contribution < -0.4 is 0 Å².